The first kappa shape index (κ1) is 15.5. The first-order valence-electron chi connectivity index (χ1n) is 7.40. The van der Waals surface area contributed by atoms with E-state index in [1.54, 1.807) is 0 Å². The van der Waals surface area contributed by atoms with Crippen molar-refractivity contribution in [2.24, 2.45) is 29.4 Å². The minimum atomic E-state index is 0.310. The van der Waals surface area contributed by atoms with Gasteiger partial charge in [0.25, 0.3) is 0 Å². The second-order valence-corrected chi connectivity index (χ2v) is 6.68. The summed E-state index contributed by atoms with van der Waals surface area (Å²) in [6, 6.07) is 0. The number of likely N-dealkylation sites (tertiary alicyclic amines) is 1. The number of piperidine rings is 1. The van der Waals surface area contributed by atoms with Crippen molar-refractivity contribution < 1.29 is 4.79 Å². The van der Waals surface area contributed by atoms with Crippen LogP contribution in [-0.4, -0.2) is 30.4 Å². The summed E-state index contributed by atoms with van der Waals surface area (Å²) in [5.41, 5.74) is 5.78. The molecular formula is C15H30N2O. The molecular weight excluding hydrogens is 224 g/mol. The lowest BCUT2D eigenvalue weighted by Gasteiger charge is -2.35. The van der Waals surface area contributed by atoms with Crippen molar-refractivity contribution in [2.75, 3.05) is 19.6 Å². The summed E-state index contributed by atoms with van der Waals surface area (Å²) in [5, 5.41) is 0. The van der Waals surface area contributed by atoms with Gasteiger partial charge < -0.3 is 10.6 Å². The zero-order valence-electron chi connectivity index (χ0n) is 12.5. The van der Waals surface area contributed by atoms with Crippen molar-refractivity contribution in [2.45, 2.75) is 47.0 Å². The molecule has 3 heteroatoms. The summed E-state index contributed by atoms with van der Waals surface area (Å²) in [7, 11) is 0. The van der Waals surface area contributed by atoms with E-state index in [2.05, 4.69) is 32.6 Å². The zero-order chi connectivity index (χ0) is 13.7. The van der Waals surface area contributed by atoms with E-state index in [0.717, 1.165) is 19.5 Å². The van der Waals surface area contributed by atoms with Crippen LogP contribution in [0.5, 0.6) is 0 Å². The fourth-order valence-corrected chi connectivity index (χ4v) is 3.17. The van der Waals surface area contributed by atoms with E-state index in [0.29, 0.717) is 42.5 Å². The van der Waals surface area contributed by atoms with Gasteiger partial charge in [-0.3, -0.25) is 4.79 Å². The highest BCUT2D eigenvalue weighted by molar-refractivity contribution is 5.76. The fourth-order valence-electron chi connectivity index (χ4n) is 3.17. The van der Waals surface area contributed by atoms with Gasteiger partial charge in [0.15, 0.2) is 0 Å². The van der Waals surface area contributed by atoms with Crippen molar-refractivity contribution in [3.05, 3.63) is 0 Å². The number of carbonyl (C=O) groups excluding carboxylic acids is 1. The molecule has 1 amide bonds. The number of nitrogens with zero attached hydrogens (tertiary/aromatic N) is 1. The molecule has 0 radical (unpaired) electrons. The van der Waals surface area contributed by atoms with Gasteiger partial charge in [-0.05, 0) is 43.1 Å². The van der Waals surface area contributed by atoms with E-state index in [1.807, 2.05) is 0 Å². The molecule has 1 rings (SSSR count). The van der Waals surface area contributed by atoms with Gasteiger partial charge in [-0.2, -0.15) is 0 Å². The molecule has 0 aliphatic carbocycles. The van der Waals surface area contributed by atoms with Gasteiger partial charge in [0, 0.05) is 19.5 Å². The minimum absolute atomic E-state index is 0.310. The van der Waals surface area contributed by atoms with Crippen LogP contribution in [0.3, 0.4) is 0 Å². The minimum Gasteiger partial charge on any atom is -0.342 e. The van der Waals surface area contributed by atoms with E-state index in [-0.39, 0.29) is 0 Å². The molecule has 0 spiro atoms. The topological polar surface area (TPSA) is 46.3 Å². The van der Waals surface area contributed by atoms with Crippen LogP contribution in [0.15, 0.2) is 0 Å². The number of carbonyl (C=O) groups is 1. The highest BCUT2D eigenvalue weighted by Crippen LogP contribution is 2.23. The molecule has 0 aromatic rings. The van der Waals surface area contributed by atoms with Crippen LogP contribution < -0.4 is 5.73 Å². The Morgan fingerprint density at radius 3 is 2.28 bits per heavy atom. The Bertz CT molecular complexity index is 255. The molecule has 0 saturated carbocycles. The summed E-state index contributed by atoms with van der Waals surface area (Å²) in [6.07, 6.45) is 2.94. The molecule has 18 heavy (non-hydrogen) atoms. The van der Waals surface area contributed by atoms with E-state index >= 15 is 0 Å². The van der Waals surface area contributed by atoms with Crippen LogP contribution in [0.4, 0.5) is 0 Å². The Labute approximate surface area is 112 Å². The van der Waals surface area contributed by atoms with Crippen LogP contribution in [0, 0.1) is 23.7 Å². The first-order chi connectivity index (χ1) is 8.42. The highest BCUT2D eigenvalue weighted by atomic mass is 16.2. The Kier molecular flexibility index (Phi) is 6.13. The number of hydrogen-bond acceptors (Lipinski definition) is 2. The average Bonchev–Trinajstić information content (AvgIpc) is 2.26. The smallest absolute Gasteiger partial charge is 0.222 e. The van der Waals surface area contributed by atoms with Crippen LogP contribution in [-0.2, 0) is 4.79 Å². The molecule has 0 bridgehead atoms. The second-order valence-electron chi connectivity index (χ2n) is 6.68. The number of nitrogens with two attached hydrogens (primary N) is 1. The molecule has 0 aromatic carbocycles. The summed E-state index contributed by atoms with van der Waals surface area (Å²) >= 11 is 0. The predicted molar refractivity (Wildman–Crippen MR) is 76.1 cm³/mol. The average molecular weight is 254 g/mol. The first-order valence-corrected chi connectivity index (χ1v) is 7.40. The number of hydrogen-bond donors (Lipinski definition) is 1. The van der Waals surface area contributed by atoms with Crippen LogP contribution in [0.1, 0.15) is 47.0 Å². The maximum absolute atomic E-state index is 12.3. The van der Waals surface area contributed by atoms with E-state index in [4.69, 9.17) is 5.73 Å². The molecule has 106 valence electrons. The summed E-state index contributed by atoms with van der Waals surface area (Å²) in [4.78, 5) is 14.4. The molecule has 3 nitrogen and oxygen atoms in total. The molecule has 0 aromatic heterocycles. The molecule has 1 saturated heterocycles. The monoisotopic (exact) mass is 254 g/mol. The Balaban J connectivity index is 2.47. The lowest BCUT2D eigenvalue weighted by molar-refractivity contribution is -0.134. The van der Waals surface area contributed by atoms with Crippen molar-refractivity contribution in [1.29, 1.82) is 0 Å². The second kappa shape index (κ2) is 7.13. The molecule has 1 heterocycles. The molecule has 1 fully saturated rings. The standard InChI is InChI=1S/C15H30N2O/c1-11(2)5-14(8-16)7-15(18)17-9-12(3)6-13(4)10-17/h11-14H,5-10,16H2,1-4H3/t12?,13?,14-/m0/s1. The maximum atomic E-state index is 12.3. The maximum Gasteiger partial charge on any atom is 0.222 e. The van der Waals surface area contributed by atoms with Crippen molar-refractivity contribution in [3.63, 3.8) is 0 Å². The van der Waals surface area contributed by atoms with Gasteiger partial charge >= 0.3 is 0 Å². The third-order valence-electron chi connectivity index (χ3n) is 3.82. The van der Waals surface area contributed by atoms with Gasteiger partial charge in [0.2, 0.25) is 5.91 Å². The Morgan fingerprint density at radius 2 is 1.83 bits per heavy atom. The van der Waals surface area contributed by atoms with Crippen molar-refractivity contribution in [3.8, 4) is 0 Å². The summed E-state index contributed by atoms with van der Waals surface area (Å²) in [6.45, 7) is 11.4. The summed E-state index contributed by atoms with van der Waals surface area (Å²) in [5.74, 6) is 2.55. The predicted octanol–water partition coefficient (Wildman–Crippen LogP) is 2.50. The van der Waals surface area contributed by atoms with E-state index < -0.39 is 0 Å². The molecule has 1 aliphatic heterocycles. The molecule has 1 aliphatic rings. The number of rotatable bonds is 5. The molecule has 2 N–H and O–H groups in total. The lowest BCUT2D eigenvalue weighted by Crippen LogP contribution is -2.43. The zero-order valence-corrected chi connectivity index (χ0v) is 12.5. The molecule has 2 unspecified atom stereocenters. The van der Waals surface area contributed by atoms with Gasteiger partial charge in [-0.15, -0.1) is 0 Å². The van der Waals surface area contributed by atoms with Crippen molar-refractivity contribution >= 4 is 5.91 Å². The normalized spacial score (nSPS) is 26.4. The van der Waals surface area contributed by atoms with Gasteiger partial charge in [0.1, 0.15) is 0 Å². The van der Waals surface area contributed by atoms with Crippen molar-refractivity contribution in [1.82, 2.24) is 4.90 Å². The Hall–Kier alpha value is -0.570. The fraction of sp³-hybridized carbons (Fsp3) is 0.933. The van der Waals surface area contributed by atoms with Gasteiger partial charge in [-0.25, -0.2) is 0 Å². The van der Waals surface area contributed by atoms with Crippen LogP contribution >= 0.6 is 0 Å². The quantitative estimate of drug-likeness (QED) is 0.819. The lowest BCUT2D eigenvalue weighted by atomic mass is 9.90. The molecule has 3 atom stereocenters. The largest absolute Gasteiger partial charge is 0.342 e. The highest BCUT2D eigenvalue weighted by Gasteiger charge is 2.26. The number of amides is 1. The summed E-state index contributed by atoms with van der Waals surface area (Å²) < 4.78 is 0. The van der Waals surface area contributed by atoms with Crippen LogP contribution in [0.25, 0.3) is 0 Å². The van der Waals surface area contributed by atoms with Gasteiger partial charge in [-0.1, -0.05) is 27.7 Å². The van der Waals surface area contributed by atoms with Crippen LogP contribution in [0.2, 0.25) is 0 Å². The Morgan fingerprint density at radius 1 is 1.28 bits per heavy atom. The third-order valence-corrected chi connectivity index (χ3v) is 3.82. The van der Waals surface area contributed by atoms with E-state index in [9.17, 15) is 4.79 Å². The third kappa shape index (κ3) is 4.97. The van der Waals surface area contributed by atoms with Gasteiger partial charge in [0.05, 0.1) is 0 Å². The van der Waals surface area contributed by atoms with E-state index in [1.165, 1.54) is 6.42 Å². The SMILES string of the molecule is CC(C)C[C@H](CN)CC(=O)N1CC(C)CC(C)C1.